The standard InChI is InChI=1S/C23H24FN3/c1-13(2)14-8-16(23(3,4)5)12-18(10-14)25-22-20-11-15-9-17(24)6-7-19(15)21(20)26-27-22/h6-10,12H,1,11H2,2-5H3,(H2,25,26,27). The van der Waals surface area contributed by atoms with Crippen LogP contribution < -0.4 is 5.32 Å². The Labute approximate surface area is 159 Å². The van der Waals surface area contributed by atoms with Gasteiger partial charge in [0.05, 0.1) is 5.69 Å². The molecule has 0 bridgehead atoms. The van der Waals surface area contributed by atoms with Crippen molar-refractivity contribution in [1.29, 1.82) is 0 Å². The number of H-pyrrole nitrogens is 1. The molecule has 3 nitrogen and oxygen atoms in total. The van der Waals surface area contributed by atoms with Crippen LogP contribution in [0.25, 0.3) is 16.8 Å². The van der Waals surface area contributed by atoms with Crippen molar-refractivity contribution in [3.05, 3.63) is 71.0 Å². The van der Waals surface area contributed by atoms with Gasteiger partial charge in [-0.3, -0.25) is 5.10 Å². The predicted octanol–water partition coefficient (Wildman–Crippen LogP) is 6.19. The molecule has 0 saturated carbocycles. The fourth-order valence-electron chi connectivity index (χ4n) is 3.52. The third-order valence-electron chi connectivity index (χ3n) is 5.13. The largest absolute Gasteiger partial charge is 0.338 e. The first-order chi connectivity index (χ1) is 12.7. The zero-order valence-corrected chi connectivity index (χ0v) is 16.2. The molecule has 2 N–H and O–H groups in total. The Kier molecular flexibility index (Phi) is 3.95. The Hall–Kier alpha value is -2.88. The fourth-order valence-corrected chi connectivity index (χ4v) is 3.52. The van der Waals surface area contributed by atoms with Crippen LogP contribution in [0.5, 0.6) is 0 Å². The van der Waals surface area contributed by atoms with Crippen molar-refractivity contribution in [2.75, 3.05) is 5.32 Å². The summed E-state index contributed by atoms with van der Waals surface area (Å²) in [6, 6.07) is 11.4. The maximum absolute atomic E-state index is 13.6. The number of halogens is 1. The lowest BCUT2D eigenvalue weighted by Crippen LogP contribution is -2.12. The molecule has 0 spiro atoms. The van der Waals surface area contributed by atoms with Crippen molar-refractivity contribution in [2.24, 2.45) is 0 Å². The van der Waals surface area contributed by atoms with Crippen molar-refractivity contribution in [3.63, 3.8) is 0 Å². The van der Waals surface area contributed by atoms with E-state index < -0.39 is 0 Å². The smallest absolute Gasteiger partial charge is 0.156 e. The first-order valence-corrected chi connectivity index (χ1v) is 9.17. The number of allylic oxidation sites excluding steroid dienone is 1. The number of anilines is 2. The van der Waals surface area contributed by atoms with Crippen molar-refractivity contribution in [3.8, 4) is 11.3 Å². The van der Waals surface area contributed by atoms with Crippen molar-refractivity contribution >= 4 is 17.1 Å². The molecular weight excluding hydrogens is 337 g/mol. The molecule has 1 aromatic heterocycles. The van der Waals surface area contributed by atoms with Crippen LogP contribution in [0.4, 0.5) is 15.9 Å². The van der Waals surface area contributed by atoms with Gasteiger partial charge in [-0.2, -0.15) is 5.10 Å². The lowest BCUT2D eigenvalue weighted by atomic mass is 9.85. The normalized spacial score (nSPS) is 12.6. The van der Waals surface area contributed by atoms with Gasteiger partial charge in [-0.05, 0) is 59.4 Å². The number of fused-ring (bicyclic) bond motifs is 3. The van der Waals surface area contributed by atoms with Crippen LogP contribution in [0.1, 0.15) is 49.9 Å². The zero-order chi connectivity index (χ0) is 19.3. The second kappa shape index (κ2) is 6.08. The average Bonchev–Trinajstić information content (AvgIpc) is 3.13. The van der Waals surface area contributed by atoms with E-state index in [1.807, 2.05) is 13.0 Å². The monoisotopic (exact) mass is 361 g/mol. The molecule has 1 aliphatic carbocycles. The summed E-state index contributed by atoms with van der Waals surface area (Å²) in [7, 11) is 0. The van der Waals surface area contributed by atoms with Gasteiger partial charge in [0.15, 0.2) is 5.82 Å². The molecule has 0 aliphatic heterocycles. The molecule has 4 heteroatoms. The minimum atomic E-state index is -0.203. The summed E-state index contributed by atoms with van der Waals surface area (Å²) in [5, 5.41) is 11.0. The molecule has 1 heterocycles. The van der Waals surface area contributed by atoms with Crippen molar-refractivity contribution < 1.29 is 4.39 Å². The Morgan fingerprint density at radius 2 is 1.96 bits per heavy atom. The van der Waals surface area contributed by atoms with E-state index in [0.29, 0.717) is 6.42 Å². The highest BCUT2D eigenvalue weighted by Gasteiger charge is 2.25. The topological polar surface area (TPSA) is 40.7 Å². The fraction of sp³-hybridized carbons (Fsp3) is 0.261. The number of aromatic amines is 1. The molecule has 138 valence electrons. The molecule has 27 heavy (non-hydrogen) atoms. The van der Waals surface area contributed by atoms with Gasteiger partial charge in [0.1, 0.15) is 5.82 Å². The third-order valence-corrected chi connectivity index (χ3v) is 5.13. The SMILES string of the molecule is C=C(C)c1cc(Nc2n[nH]c3c2Cc2cc(F)ccc2-3)cc(C(C)(C)C)c1. The van der Waals surface area contributed by atoms with Crippen molar-refractivity contribution in [2.45, 2.75) is 39.5 Å². The number of aromatic nitrogens is 2. The number of nitrogens with zero attached hydrogens (tertiary/aromatic N) is 1. The van der Waals surface area contributed by atoms with Gasteiger partial charge in [0, 0.05) is 23.2 Å². The molecule has 0 unspecified atom stereocenters. The minimum absolute atomic E-state index is 0.0309. The van der Waals surface area contributed by atoms with Crippen LogP contribution >= 0.6 is 0 Å². The highest BCUT2D eigenvalue weighted by Crippen LogP contribution is 2.40. The zero-order valence-electron chi connectivity index (χ0n) is 16.2. The van der Waals surface area contributed by atoms with E-state index in [1.54, 1.807) is 6.07 Å². The summed E-state index contributed by atoms with van der Waals surface area (Å²) < 4.78 is 13.6. The Bertz CT molecular complexity index is 1050. The van der Waals surface area contributed by atoms with Crippen LogP contribution in [0.15, 0.2) is 43.0 Å². The van der Waals surface area contributed by atoms with Crippen LogP contribution in [-0.2, 0) is 11.8 Å². The molecule has 0 fully saturated rings. The van der Waals surface area contributed by atoms with E-state index in [2.05, 4.69) is 61.1 Å². The van der Waals surface area contributed by atoms with E-state index >= 15 is 0 Å². The summed E-state index contributed by atoms with van der Waals surface area (Å²) >= 11 is 0. The summed E-state index contributed by atoms with van der Waals surface area (Å²) in [5.41, 5.74) is 8.46. The summed E-state index contributed by atoms with van der Waals surface area (Å²) in [5.74, 6) is 0.589. The Morgan fingerprint density at radius 1 is 1.19 bits per heavy atom. The number of hydrogen-bond donors (Lipinski definition) is 2. The van der Waals surface area contributed by atoms with Gasteiger partial charge < -0.3 is 5.32 Å². The van der Waals surface area contributed by atoms with E-state index in [0.717, 1.165) is 45.0 Å². The van der Waals surface area contributed by atoms with Gasteiger partial charge >= 0.3 is 0 Å². The van der Waals surface area contributed by atoms with E-state index in [-0.39, 0.29) is 11.2 Å². The van der Waals surface area contributed by atoms with Crippen LogP contribution in [0, 0.1) is 5.82 Å². The molecular formula is C23H24FN3. The predicted molar refractivity (Wildman–Crippen MR) is 110 cm³/mol. The summed E-state index contributed by atoms with van der Waals surface area (Å²) in [6.45, 7) is 12.7. The van der Waals surface area contributed by atoms with Gasteiger partial charge in [0.2, 0.25) is 0 Å². The molecule has 0 amide bonds. The Balaban J connectivity index is 1.72. The van der Waals surface area contributed by atoms with E-state index in [9.17, 15) is 4.39 Å². The van der Waals surface area contributed by atoms with Gasteiger partial charge in [0.25, 0.3) is 0 Å². The average molecular weight is 361 g/mol. The lowest BCUT2D eigenvalue weighted by molar-refractivity contribution is 0.590. The molecule has 3 aromatic rings. The molecule has 4 rings (SSSR count). The number of hydrogen-bond acceptors (Lipinski definition) is 2. The molecule has 2 aromatic carbocycles. The van der Waals surface area contributed by atoms with E-state index in [4.69, 9.17) is 0 Å². The first kappa shape index (κ1) is 17.5. The second-order valence-electron chi connectivity index (χ2n) is 8.36. The molecule has 0 saturated heterocycles. The number of benzene rings is 2. The van der Waals surface area contributed by atoms with Crippen LogP contribution in [0.2, 0.25) is 0 Å². The summed E-state index contributed by atoms with van der Waals surface area (Å²) in [4.78, 5) is 0. The van der Waals surface area contributed by atoms with Gasteiger partial charge in [-0.1, -0.05) is 39.0 Å². The molecule has 0 radical (unpaired) electrons. The van der Waals surface area contributed by atoms with Crippen molar-refractivity contribution in [1.82, 2.24) is 10.2 Å². The quantitative estimate of drug-likeness (QED) is 0.456. The minimum Gasteiger partial charge on any atom is -0.338 e. The van der Waals surface area contributed by atoms with Gasteiger partial charge in [-0.15, -0.1) is 0 Å². The Morgan fingerprint density at radius 3 is 2.67 bits per heavy atom. The molecule has 0 atom stereocenters. The maximum Gasteiger partial charge on any atom is 0.156 e. The lowest BCUT2D eigenvalue weighted by Gasteiger charge is -2.21. The van der Waals surface area contributed by atoms with Crippen LogP contribution in [-0.4, -0.2) is 10.2 Å². The van der Waals surface area contributed by atoms with Gasteiger partial charge in [-0.25, -0.2) is 4.39 Å². The first-order valence-electron chi connectivity index (χ1n) is 9.17. The number of nitrogens with one attached hydrogen (secondary N) is 2. The van der Waals surface area contributed by atoms with Crippen LogP contribution in [0.3, 0.4) is 0 Å². The van der Waals surface area contributed by atoms with E-state index in [1.165, 1.54) is 11.6 Å². The maximum atomic E-state index is 13.6. The molecule has 1 aliphatic rings. The summed E-state index contributed by atoms with van der Waals surface area (Å²) in [6.07, 6.45) is 0.674. The highest BCUT2D eigenvalue weighted by atomic mass is 19.1. The highest BCUT2D eigenvalue weighted by molar-refractivity contribution is 5.80. The number of rotatable bonds is 3. The second-order valence-corrected chi connectivity index (χ2v) is 8.36. The third kappa shape index (κ3) is 3.16.